The number of likely N-dealkylation sites (tertiary alicyclic amines) is 1. The van der Waals surface area contributed by atoms with Gasteiger partial charge >= 0.3 is 5.97 Å². The van der Waals surface area contributed by atoms with Gasteiger partial charge in [-0.1, -0.05) is 0 Å². The number of rotatable bonds is 5. The van der Waals surface area contributed by atoms with Crippen LogP contribution >= 0.6 is 0 Å². The molecule has 138 valence electrons. The minimum atomic E-state index is -1.19. The van der Waals surface area contributed by atoms with E-state index in [9.17, 15) is 9.59 Å². The monoisotopic (exact) mass is 350 g/mol. The van der Waals surface area contributed by atoms with Gasteiger partial charge in [0, 0.05) is 40.0 Å². The van der Waals surface area contributed by atoms with Gasteiger partial charge in [0.2, 0.25) is 0 Å². The molecular formula is C17H26N4O4. The molecule has 0 aliphatic carbocycles. The van der Waals surface area contributed by atoms with E-state index in [-0.39, 0.29) is 12.0 Å². The molecule has 1 aromatic heterocycles. The Hall–Kier alpha value is -2.38. The smallest absolute Gasteiger partial charge is 0.303 e. The highest BCUT2D eigenvalue weighted by Crippen LogP contribution is 2.25. The van der Waals surface area contributed by atoms with E-state index in [1.54, 1.807) is 31.1 Å². The van der Waals surface area contributed by atoms with E-state index in [0.717, 1.165) is 12.8 Å². The third-order valence-electron chi connectivity index (χ3n) is 3.93. The second kappa shape index (κ2) is 7.67. The number of carbonyl (C=O) groups is 2. The Labute approximate surface area is 148 Å². The molecule has 0 aromatic carbocycles. The van der Waals surface area contributed by atoms with Gasteiger partial charge in [-0.3, -0.25) is 9.59 Å². The zero-order valence-corrected chi connectivity index (χ0v) is 15.5. The quantitative estimate of drug-likeness (QED) is 0.739. The summed E-state index contributed by atoms with van der Waals surface area (Å²) in [5.41, 5.74) is -1.19. The van der Waals surface area contributed by atoms with Crippen LogP contribution in [0.1, 0.15) is 33.6 Å². The molecule has 1 saturated heterocycles. The number of carbonyl (C=O) groups excluding carboxylic acids is 2. The summed E-state index contributed by atoms with van der Waals surface area (Å²) in [4.78, 5) is 35.9. The predicted molar refractivity (Wildman–Crippen MR) is 92.4 cm³/mol. The molecule has 0 spiro atoms. The summed E-state index contributed by atoms with van der Waals surface area (Å²) in [6.45, 7) is 5.55. The van der Waals surface area contributed by atoms with Crippen LogP contribution in [0.3, 0.4) is 0 Å². The maximum Gasteiger partial charge on any atom is 0.303 e. The van der Waals surface area contributed by atoms with Crippen molar-refractivity contribution in [1.82, 2.24) is 14.9 Å². The second-order valence-electron chi connectivity index (χ2n) is 6.82. The van der Waals surface area contributed by atoms with Crippen molar-refractivity contribution in [2.45, 2.75) is 45.3 Å². The molecule has 0 N–H and O–H groups in total. The average Bonchev–Trinajstić information content (AvgIpc) is 2.53. The summed E-state index contributed by atoms with van der Waals surface area (Å²) < 4.78 is 11.2. The normalized spacial score (nSPS) is 17.8. The predicted octanol–water partition coefficient (Wildman–Crippen LogP) is 1.25. The van der Waals surface area contributed by atoms with Crippen molar-refractivity contribution >= 4 is 17.7 Å². The van der Waals surface area contributed by atoms with Crippen LogP contribution in [0.5, 0.6) is 5.88 Å². The number of anilines is 1. The molecule has 1 atom stereocenters. The van der Waals surface area contributed by atoms with Gasteiger partial charge in [0.25, 0.3) is 11.8 Å². The lowest BCUT2D eigenvalue weighted by Crippen LogP contribution is -2.53. The van der Waals surface area contributed by atoms with Crippen LogP contribution in [-0.4, -0.2) is 65.6 Å². The van der Waals surface area contributed by atoms with Gasteiger partial charge in [-0.15, -0.1) is 0 Å². The SMILES string of the molecule is CC(=O)OC(C)(C)C(=O)N1CCCC(Oc2nccnc2N(C)C)C1. The molecule has 25 heavy (non-hydrogen) atoms. The van der Waals surface area contributed by atoms with Gasteiger partial charge in [0.05, 0.1) is 6.54 Å². The van der Waals surface area contributed by atoms with Crippen molar-refractivity contribution in [2.75, 3.05) is 32.1 Å². The highest BCUT2D eigenvalue weighted by Gasteiger charge is 2.37. The van der Waals surface area contributed by atoms with Crippen LogP contribution in [0.2, 0.25) is 0 Å². The Morgan fingerprint density at radius 1 is 1.28 bits per heavy atom. The van der Waals surface area contributed by atoms with E-state index in [0.29, 0.717) is 24.8 Å². The second-order valence-corrected chi connectivity index (χ2v) is 6.82. The maximum atomic E-state index is 12.7. The fourth-order valence-electron chi connectivity index (χ4n) is 2.87. The molecule has 1 amide bonds. The molecular weight excluding hydrogens is 324 g/mol. The van der Waals surface area contributed by atoms with Crippen LogP contribution in [0.25, 0.3) is 0 Å². The van der Waals surface area contributed by atoms with Crippen molar-refractivity contribution in [3.63, 3.8) is 0 Å². The number of esters is 1. The molecule has 1 aromatic rings. The molecule has 2 rings (SSSR count). The summed E-state index contributed by atoms with van der Waals surface area (Å²) in [7, 11) is 3.74. The van der Waals surface area contributed by atoms with E-state index < -0.39 is 11.6 Å². The number of piperidine rings is 1. The summed E-state index contributed by atoms with van der Waals surface area (Å²) >= 11 is 0. The molecule has 1 fully saturated rings. The molecule has 0 saturated carbocycles. The molecule has 8 nitrogen and oxygen atoms in total. The fraction of sp³-hybridized carbons (Fsp3) is 0.647. The molecule has 0 radical (unpaired) electrons. The number of ether oxygens (including phenoxy) is 2. The van der Waals surface area contributed by atoms with E-state index in [2.05, 4.69) is 9.97 Å². The van der Waals surface area contributed by atoms with Crippen molar-refractivity contribution in [2.24, 2.45) is 0 Å². The summed E-state index contributed by atoms with van der Waals surface area (Å²) in [5, 5.41) is 0. The highest BCUT2D eigenvalue weighted by molar-refractivity contribution is 5.86. The van der Waals surface area contributed by atoms with Gasteiger partial charge in [0.15, 0.2) is 11.4 Å². The standard InChI is InChI=1S/C17H26N4O4/c1-12(22)25-17(2,3)16(23)21-10-6-7-13(11-21)24-15-14(20(4)5)18-8-9-19-15/h8-9,13H,6-7,10-11H2,1-5H3. The summed E-state index contributed by atoms with van der Waals surface area (Å²) in [6.07, 6.45) is 4.64. The Balaban J connectivity index is 2.06. The zero-order valence-electron chi connectivity index (χ0n) is 15.5. The number of amides is 1. The Kier molecular flexibility index (Phi) is 5.81. The number of hydrogen-bond donors (Lipinski definition) is 0. The average molecular weight is 350 g/mol. The van der Waals surface area contributed by atoms with E-state index >= 15 is 0 Å². The summed E-state index contributed by atoms with van der Waals surface area (Å²) in [5.74, 6) is 0.401. The molecule has 1 aliphatic rings. The summed E-state index contributed by atoms with van der Waals surface area (Å²) in [6, 6.07) is 0. The van der Waals surface area contributed by atoms with Crippen LogP contribution < -0.4 is 9.64 Å². The van der Waals surface area contributed by atoms with Crippen LogP contribution in [-0.2, 0) is 14.3 Å². The lowest BCUT2D eigenvalue weighted by Gasteiger charge is -2.37. The van der Waals surface area contributed by atoms with Crippen molar-refractivity contribution < 1.29 is 19.1 Å². The van der Waals surface area contributed by atoms with Crippen LogP contribution in [0.15, 0.2) is 12.4 Å². The van der Waals surface area contributed by atoms with Gasteiger partial charge in [0.1, 0.15) is 6.10 Å². The van der Waals surface area contributed by atoms with Crippen molar-refractivity contribution in [3.05, 3.63) is 12.4 Å². The Bertz CT molecular complexity index is 633. The van der Waals surface area contributed by atoms with E-state index in [1.165, 1.54) is 6.92 Å². The molecule has 1 unspecified atom stereocenters. The molecule has 2 heterocycles. The van der Waals surface area contributed by atoms with Gasteiger partial charge in [-0.25, -0.2) is 9.97 Å². The molecule has 0 bridgehead atoms. The van der Waals surface area contributed by atoms with Crippen LogP contribution in [0, 0.1) is 0 Å². The fourth-order valence-corrected chi connectivity index (χ4v) is 2.87. The Morgan fingerprint density at radius 2 is 1.96 bits per heavy atom. The number of hydrogen-bond acceptors (Lipinski definition) is 7. The third-order valence-corrected chi connectivity index (χ3v) is 3.93. The zero-order chi connectivity index (χ0) is 18.6. The minimum absolute atomic E-state index is 0.179. The lowest BCUT2D eigenvalue weighted by molar-refractivity contribution is -0.169. The Morgan fingerprint density at radius 3 is 2.60 bits per heavy atom. The first kappa shape index (κ1) is 19.0. The van der Waals surface area contributed by atoms with Crippen LogP contribution in [0.4, 0.5) is 5.82 Å². The first-order chi connectivity index (χ1) is 11.7. The van der Waals surface area contributed by atoms with Gasteiger partial charge in [-0.05, 0) is 26.7 Å². The molecule has 8 heteroatoms. The van der Waals surface area contributed by atoms with Crippen molar-refractivity contribution in [1.29, 1.82) is 0 Å². The lowest BCUT2D eigenvalue weighted by atomic mass is 10.0. The molecule has 1 aliphatic heterocycles. The largest absolute Gasteiger partial charge is 0.470 e. The highest BCUT2D eigenvalue weighted by atomic mass is 16.6. The maximum absolute atomic E-state index is 12.7. The number of nitrogens with zero attached hydrogens (tertiary/aromatic N) is 4. The number of aromatic nitrogens is 2. The van der Waals surface area contributed by atoms with Gasteiger partial charge < -0.3 is 19.3 Å². The van der Waals surface area contributed by atoms with E-state index in [1.807, 2.05) is 19.0 Å². The minimum Gasteiger partial charge on any atom is -0.470 e. The first-order valence-electron chi connectivity index (χ1n) is 8.34. The van der Waals surface area contributed by atoms with E-state index in [4.69, 9.17) is 9.47 Å². The van der Waals surface area contributed by atoms with Gasteiger partial charge in [-0.2, -0.15) is 0 Å². The topological polar surface area (TPSA) is 84.9 Å². The first-order valence-corrected chi connectivity index (χ1v) is 8.34. The van der Waals surface area contributed by atoms with Crippen molar-refractivity contribution in [3.8, 4) is 5.88 Å². The third kappa shape index (κ3) is 4.80.